The standard InChI is InChI=1S/C14H23N3O3/c1-17(8-9-19-2)7-6-14(18)16-12-10-11(15)4-5-13(12)20-3/h4-5,10H,6-9,15H2,1-3H3,(H,16,18). The summed E-state index contributed by atoms with van der Waals surface area (Å²) < 4.78 is 10.2. The first kappa shape index (κ1) is 16.3. The van der Waals surface area contributed by atoms with Gasteiger partial charge >= 0.3 is 0 Å². The van der Waals surface area contributed by atoms with E-state index in [1.807, 2.05) is 11.9 Å². The van der Waals surface area contributed by atoms with Crippen molar-refractivity contribution in [2.45, 2.75) is 6.42 Å². The molecular weight excluding hydrogens is 258 g/mol. The van der Waals surface area contributed by atoms with Crippen molar-refractivity contribution in [1.29, 1.82) is 0 Å². The highest BCUT2D eigenvalue weighted by atomic mass is 16.5. The van der Waals surface area contributed by atoms with Crippen molar-refractivity contribution < 1.29 is 14.3 Å². The molecule has 6 nitrogen and oxygen atoms in total. The number of likely N-dealkylation sites (N-methyl/N-ethyl adjacent to an activating group) is 1. The Morgan fingerprint density at radius 1 is 1.35 bits per heavy atom. The number of ether oxygens (including phenoxy) is 2. The summed E-state index contributed by atoms with van der Waals surface area (Å²) in [6.45, 7) is 2.12. The van der Waals surface area contributed by atoms with Crippen LogP contribution in [-0.2, 0) is 9.53 Å². The van der Waals surface area contributed by atoms with Crippen LogP contribution in [0.1, 0.15) is 6.42 Å². The third-order valence-electron chi connectivity index (χ3n) is 2.90. The van der Waals surface area contributed by atoms with E-state index >= 15 is 0 Å². The smallest absolute Gasteiger partial charge is 0.225 e. The number of nitrogens with one attached hydrogen (secondary N) is 1. The van der Waals surface area contributed by atoms with Gasteiger partial charge in [-0.3, -0.25) is 4.79 Å². The van der Waals surface area contributed by atoms with Gasteiger partial charge in [0.05, 0.1) is 19.4 Å². The van der Waals surface area contributed by atoms with Gasteiger partial charge in [-0.2, -0.15) is 0 Å². The zero-order valence-electron chi connectivity index (χ0n) is 12.3. The quantitative estimate of drug-likeness (QED) is 0.700. The van der Waals surface area contributed by atoms with Crippen molar-refractivity contribution in [1.82, 2.24) is 4.90 Å². The summed E-state index contributed by atoms with van der Waals surface area (Å²) in [5.74, 6) is 0.526. The zero-order chi connectivity index (χ0) is 15.0. The van der Waals surface area contributed by atoms with Crippen molar-refractivity contribution in [3.8, 4) is 5.75 Å². The van der Waals surface area contributed by atoms with Crippen LogP contribution >= 0.6 is 0 Å². The summed E-state index contributed by atoms with van der Waals surface area (Å²) in [4.78, 5) is 13.9. The number of anilines is 2. The second-order valence-electron chi connectivity index (χ2n) is 4.55. The first-order valence-corrected chi connectivity index (χ1v) is 6.47. The molecule has 0 saturated carbocycles. The molecule has 0 atom stereocenters. The van der Waals surface area contributed by atoms with E-state index in [0.717, 1.165) is 6.54 Å². The molecule has 0 spiro atoms. The highest BCUT2D eigenvalue weighted by Gasteiger charge is 2.09. The summed E-state index contributed by atoms with van der Waals surface area (Å²) in [6, 6.07) is 5.15. The Morgan fingerprint density at radius 3 is 2.75 bits per heavy atom. The highest BCUT2D eigenvalue weighted by molar-refractivity contribution is 5.93. The summed E-state index contributed by atoms with van der Waals surface area (Å²) in [6.07, 6.45) is 0.401. The van der Waals surface area contributed by atoms with Gasteiger partial charge in [0.2, 0.25) is 5.91 Å². The fraction of sp³-hybridized carbons (Fsp3) is 0.500. The predicted octanol–water partition coefficient (Wildman–Crippen LogP) is 1.18. The number of benzene rings is 1. The van der Waals surface area contributed by atoms with Crippen molar-refractivity contribution >= 4 is 17.3 Å². The zero-order valence-corrected chi connectivity index (χ0v) is 12.3. The molecule has 0 fully saturated rings. The van der Waals surface area contributed by atoms with Crippen molar-refractivity contribution in [2.75, 3.05) is 52.0 Å². The number of hydrogen-bond acceptors (Lipinski definition) is 5. The minimum atomic E-state index is -0.0711. The Hall–Kier alpha value is -1.79. The second-order valence-corrected chi connectivity index (χ2v) is 4.55. The Labute approximate surface area is 119 Å². The Morgan fingerprint density at radius 2 is 2.10 bits per heavy atom. The molecule has 20 heavy (non-hydrogen) atoms. The van der Waals surface area contributed by atoms with Crippen molar-refractivity contribution in [3.63, 3.8) is 0 Å². The van der Waals surface area contributed by atoms with Crippen LogP contribution < -0.4 is 15.8 Å². The van der Waals surface area contributed by atoms with Crippen LogP contribution in [0, 0.1) is 0 Å². The minimum Gasteiger partial charge on any atom is -0.495 e. The lowest BCUT2D eigenvalue weighted by atomic mass is 10.2. The number of nitrogen functional groups attached to an aromatic ring is 1. The largest absolute Gasteiger partial charge is 0.495 e. The molecule has 0 bridgehead atoms. The second kappa shape index (κ2) is 8.39. The van der Waals surface area contributed by atoms with E-state index in [1.165, 1.54) is 0 Å². The average molecular weight is 281 g/mol. The SMILES string of the molecule is COCCN(C)CCC(=O)Nc1cc(N)ccc1OC. The van der Waals surface area contributed by atoms with Crippen molar-refractivity contribution in [3.05, 3.63) is 18.2 Å². The molecule has 0 unspecified atom stereocenters. The molecule has 1 rings (SSSR count). The molecule has 0 aliphatic heterocycles. The van der Waals surface area contributed by atoms with E-state index in [-0.39, 0.29) is 5.91 Å². The molecular formula is C14H23N3O3. The van der Waals surface area contributed by atoms with Crippen LogP contribution in [0.3, 0.4) is 0 Å². The number of hydrogen-bond donors (Lipinski definition) is 2. The summed E-state index contributed by atoms with van der Waals surface area (Å²) in [5, 5.41) is 2.81. The average Bonchev–Trinajstić information content (AvgIpc) is 2.43. The molecule has 0 aliphatic rings. The predicted molar refractivity (Wildman–Crippen MR) is 80.0 cm³/mol. The number of methoxy groups -OCH3 is 2. The van der Waals surface area contributed by atoms with E-state index in [4.69, 9.17) is 15.2 Å². The lowest BCUT2D eigenvalue weighted by molar-refractivity contribution is -0.116. The van der Waals surface area contributed by atoms with Gasteiger partial charge in [0.1, 0.15) is 5.75 Å². The maximum absolute atomic E-state index is 11.9. The highest BCUT2D eigenvalue weighted by Crippen LogP contribution is 2.26. The molecule has 0 aromatic heterocycles. The van der Waals surface area contributed by atoms with Crippen LogP contribution in [0.2, 0.25) is 0 Å². The fourth-order valence-corrected chi connectivity index (χ4v) is 1.69. The molecule has 6 heteroatoms. The maximum atomic E-state index is 11.9. The molecule has 0 saturated heterocycles. The lowest BCUT2D eigenvalue weighted by Crippen LogP contribution is -2.27. The molecule has 3 N–H and O–H groups in total. The number of amides is 1. The van der Waals surface area contributed by atoms with Crippen LogP contribution in [0.4, 0.5) is 11.4 Å². The Kier molecular flexibility index (Phi) is 6.83. The van der Waals surface area contributed by atoms with E-state index in [1.54, 1.807) is 32.4 Å². The third-order valence-corrected chi connectivity index (χ3v) is 2.90. The van der Waals surface area contributed by atoms with Gasteiger partial charge in [-0.25, -0.2) is 0 Å². The van der Waals surface area contributed by atoms with E-state index in [9.17, 15) is 4.79 Å². The summed E-state index contributed by atoms with van der Waals surface area (Å²) in [7, 11) is 5.17. The van der Waals surface area contributed by atoms with E-state index in [2.05, 4.69) is 5.32 Å². The number of carbonyl (C=O) groups excluding carboxylic acids is 1. The maximum Gasteiger partial charge on any atom is 0.225 e. The number of rotatable bonds is 8. The van der Waals surface area contributed by atoms with E-state index < -0.39 is 0 Å². The van der Waals surface area contributed by atoms with Crippen molar-refractivity contribution in [2.24, 2.45) is 0 Å². The monoisotopic (exact) mass is 281 g/mol. The van der Waals surface area contributed by atoms with Crippen LogP contribution in [0.5, 0.6) is 5.75 Å². The molecule has 112 valence electrons. The topological polar surface area (TPSA) is 76.8 Å². The molecule has 1 amide bonds. The molecule has 0 heterocycles. The molecule has 0 aliphatic carbocycles. The minimum absolute atomic E-state index is 0.0711. The Bertz CT molecular complexity index is 438. The fourth-order valence-electron chi connectivity index (χ4n) is 1.69. The van der Waals surface area contributed by atoms with Gasteiger partial charge in [-0.1, -0.05) is 0 Å². The van der Waals surface area contributed by atoms with E-state index in [0.29, 0.717) is 36.7 Å². The molecule has 0 radical (unpaired) electrons. The third kappa shape index (κ3) is 5.46. The normalized spacial score (nSPS) is 10.6. The van der Waals surface area contributed by atoms with Gasteiger partial charge in [-0.05, 0) is 25.2 Å². The lowest BCUT2D eigenvalue weighted by Gasteiger charge is -2.16. The van der Waals surface area contributed by atoms with Gasteiger partial charge in [0.25, 0.3) is 0 Å². The molecule has 1 aromatic carbocycles. The van der Waals surface area contributed by atoms with Gasteiger partial charge in [0, 0.05) is 32.3 Å². The van der Waals surface area contributed by atoms with Crippen LogP contribution in [0.15, 0.2) is 18.2 Å². The molecule has 1 aromatic rings. The summed E-state index contributed by atoms with van der Waals surface area (Å²) >= 11 is 0. The first-order chi connectivity index (χ1) is 9.56. The van der Waals surface area contributed by atoms with Gasteiger partial charge < -0.3 is 25.4 Å². The van der Waals surface area contributed by atoms with Crippen LogP contribution in [0.25, 0.3) is 0 Å². The van der Waals surface area contributed by atoms with Gasteiger partial charge in [-0.15, -0.1) is 0 Å². The number of nitrogens with zero attached hydrogens (tertiary/aromatic N) is 1. The number of carbonyl (C=O) groups is 1. The number of nitrogens with two attached hydrogens (primary N) is 1. The Balaban J connectivity index is 2.48. The summed E-state index contributed by atoms with van der Waals surface area (Å²) in [5.41, 5.74) is 6.88. The first-order valence-electron chi connectivity index (χ1n) is 6.47. The van der Waals surface area contributed by atoms with Gasteiger partial charge in [0.15, 0.2) is 0 Å². The van der Waals surface area contributed by atoms with Crippen LogP contribution in [-0.4, -0.2) is 51.8 Å².